The fourth-order valence-corrected chi connectivity index (χ4v) is 3.89. The summed E-state index contributed by atoms with van der Waals surface area (Å²) in [5.74, 6) is 0.988. The van der Waals surface area contributed by atoms with Crippen LogP contribution < -0.4 is 10.6 Å². The van der Waals surface area contributed by atoms with Gasteiger partial charge in [0.2, 0.25) is 0 Å². The van der Waals surface area contributed by atoms with Gasteiger partial charge in [-0.1, -0.05) is 12.8 Å². The molecule has 8 heteroatoms. The van der Waals surface area contributed by atoms with E-state index in [0.717, 1.165) is 38.4 Å². The molecule has 1 unspecified atom stereocenters. The highest BCUT2D eigenvalue weighted by Gasteiger charge is 2.34. The predicted octanol–water partition coefficient (Wildman–Crippen LogP) is 2.69. The summed E-state index contributed by atoms with van der Waals surface area (Å²) < 4.78 is 37.5. The zero-order chi connectivity index (χ0) is 19.5. The molecule has 0 aromatic heterocycles. The molecule has 0 amide bonds. The Labute approximate surface area is 161 Å². The second-order valence-electron chi connectivity index (χ2n) is 7.76. The lowest BCUT2D eigenvalue weighted by Crippen LogP contribution is -2.39. The minimum Gasteiger partial charge on any atom is -0.357 e. The predicted molar refractivity (Wildman–Crippen MR) is 104 cm³/mol. The number of nitrogens with one attached hydrogen (secondary N) is 2. The van der Waals surface area contributed by atoms with E-state index in [1.54, 1.807) is 0 Å². The van der Waals surface area contributed by atoms with Crippen LogP contribution in [0.1, 0.15) is 45.4 Å². The largest absolute Gasteiger partial charge is 0.401 e. The number of rotatable bonds is 8. The molecule has 0 aromatic rings. The molecular weight excluding hydrogens is 355 g/mol. The van der Waals surface area contributed by atoms with Gasteiger partial charge in [-0.3, -0.25) is 9.89 Å². The number of nitrogens with zero attached hydrogens (tertiary/aromatic N) is 3. The summed E-state index contributed by atoms with van der Waals surface area (Å²) in [6.07, 6.45) is 3.08. The summed E-state index contributed by atoms with van der Waals surface area (Å²) in [5.41, 5.74) is 0. The number of hydrogen-bond acceptors (Lipinski definition) is 3. The van der Waals surface area contributed by atoms with Gasteiger partial charge in [0, 0.05) is 26.2 Å². The van der Waals surface area contributed by atoms with Gasteiger partial charge < -0.3 is 15.5 Å². The van der Waals surface area contributed by atoms with Crippen molar-refractivity contribution in [2.45, 2.75) is 51.6 Å². The van der Waals surface area contributed by atoms with Crippen LogP contribution in [-0.4, -0.2) is 80.8 Å². The van der Waals surface area contributed by atoms with Crippen LogP contribution in [-0.2, 0) is 0 Å². The molecule has 158 valence electrons. The van der Waals surface area contributed by atoms with E-state index in [1.165, 1.54) is 43.7 Å². The van der Waals surface area contributed by atoms with Crippen LogP contribution >= 0.6 is 0 Å². The molecule has 0 radical (unpaired) electrons. The molecule has 27 heavy (non-hydrogen) atoms. The van der Waals surface area contributed by atoms with Crippen molar-refractivity contribution in [1.29, 1.82) is 0 Å². The maximum atomic E-state index is 12.5. The van der Waals surface area contributed by atoms with E-state index < -0.39 is 12.7 Å². The van der Waals surface area contributed by atoms with Crippen LogP contribution in [0, 0.1) is 5.92 Å². The highest BCUT2D eigenvalue weighted by Crippen LogP contribution is 2.22. The first kappa shape index (κ1) is 22.3. The van der Waals surface area contributed by atoms with Crippen LogP contribution in [0.25, 0.3) is 0 Å². The van der Waals surface area contributed by atoms with Crippen molar-refractivity contribution in [3.8, 4) is 0 Å². The number of halogens is 3. The van der Waals surface area contributed by atoms with Gasteiger partial charge in [0.1, 0.15) is 0 Å². The summed E-state index contributed by atoms with van der Waals surface area (Å²) in [5, 5.41) is 6.60. The van der Waals surface area contributed by atoms with Crippen molar-refractivity contribution in [1.82, 2.24) is 20.4 Å². The quantitative estimate of drug-likeness (QED) is 0.379. The van der Waals surface area contributed by atoms with Gasteiger partial charge in [-0.25, -0.2) is 0 Å². The topological polar surface area (TPSA) is 42.9 Å². The molecule has 2 aliphatic heterocycles. The Hall–Kier alpha value is -1.02. The minimum atomic E-state index is -4.11. The third kappa shape index (κ3) is 9.65. The van der Waals surface area contributed by atoms with Crippen LogP contribution in [0.3, 0.4) is 0 Å². The lowest BCUT2D eigenvalue weighted by molar-refractivity contribution is -0.143. The first-order chi connectivity index (χ1) is 13.0. The fourth-order valence-electron chi connectivity index (χ4n) is 3.89. The zero-order valence-corrected chi connectivity index (χ0v) is 16.7. The molecule has 2 aliphatic rings. The Balaban J connectivity index is 1.66. The van der Waals surface area contributed by atoms with Crippen molar-refractivity contribution in [3.63, 3.8) is 0 Å². The summed E-state index contributed by atoms with van der Waals surface area (Å²) in [7, 11) is 0. The van der Waals surface area contributed by atoms with E-state index >= 15 is 0 Å². The SMILES string of the molecule is CCNC(=NCC1CCN(CC(F)(F)F)C1)NCCCN1CCCCCC1. The first-order valence-electron chi connectivity index (χ1n) is 10.5. The van der Waals surface area contributed by atoms with Crippen LogP contribution in [0.5, 0.6) is 0 Å². The Kier molecular flexibility index (Phi) is 9.68. The number of hydrogen-bond donors (Lipinski definition) is 2. The number of aliphatic imine (C=N–C) groups is 1. The number of alkyl halides is 3. The van der Waals surface area contributed by atoms with E-state index in [9.17, 15) is 13.2 Å². The van der Waals surface area contributed by atoms with Gasteiger partial charge >= 0.3 is 6.18 Å². The van der Waals surface area contributed by atoms with Gasteiger partial charge in [-0.2, -0.15) is 13.2 Å². The van der Waals surface area contributed by atoms with Gasteiger partial charge in [-0.05, 0) is 64.7 Å². The molecule has 0 spiro atoms. The standard InChI is InChI=1S/C19H36F3N5/c1-2-23-18(24-9-7-12-26-10-5-3-4-6-11-26)25-14-17-8-13-27(15-17)16-19(20,21)22/h17H,2-16H2,1H3,(H2,23,24,25). The van der Waals surface area contributed by atoms with Crippen LogP contribution in [0.15, 0.2) is 4.99 Å². The van der Waals surface area contributed by atoms with Crippen molar-refractivity contribution in [2.75, 3.05) is 58.9 Å². The molecule has 0 bridgehead atoms. The molecule has 2 heterocycles. The Morgan fingerprint density at radius 1 is 1.04 bits per heavy atom. The Morgan fingerprint density at radius 2 is 1.78 bits per heavy atom. The minimum absolute atomic E-state index is 0.208. The second-order valence-corrected chi connectivity index (χ2v) is 7.76. The third-order valence-electron chi connectivity index (χ3n) is 5.27. The molecule has 0 saturated carbocycles. The Bertz CT molecular complexity index is 434. The highest BCUT2D eigenvalue weighted by atomic mass is 19.4. The molecule has 0 aromatic carbocycles. The van der Waals surface area contributed by atoms with E-state index in [-0.39, 0.29) is 5.92 Å². The van der Waals surface area contributed by atoms with E-state index in [0.29, 0.717) is 19.6 Å². The molecule has 1 atom stereocenters. The molecule has 0 aliphatic carbocycles. The summed E-state index contributed by atoms with van der Waals surface area (Å²) in [4.78, 5) is 8.63. The molecule has 2 saturated heterocycles. The number of guanidine groups is 1. The normalized spacial score (nSPS) is 23.4. The monoisotopic (exact) mass is 391 g/mol. The van der Waals surface area contributed by atoms with Gasteiger partial charge in [-0.15, -0.1) is 0 Å². The maximum Gasteiger partial charge on any atom is 0.401 e. The number of likely N-dealkylation sites (tertiary alicyclic amines) is 2. The van der Waals surface area contributed by atoms with Crippen molar-refractivity contribution in [2.24, 2.45) is 10.9 Å². The van der Waals surface area contributed by atoms with Gasteiger partial charge in [0.15, 0.2) is 5.96 Å². The lowest BCUT2D eigenvalue weighted by atomic mass is 10.1. The van der Waals surface area contributed by atoms with E-state index in [2.05, 4.69) is 20.5 Å². The zero-order valence-electron chi connectivity index (χ0n) is 16.7. The average molecular weight is 392 g/mol. The summed E-state index contributed by atoms with van der Waals surface area (Å²) in [6, 6.07) is 0. The highest BCUT2D eigenvalue weighted by molar-refractivity contribution is 5.79. The average Bonchev–Trinajstić information content (AvgIpc) is 2.87. The van der Waals surface area contributed by atoms with Crippen molar-refractivity contribution in [3.05, 3.63) is 0 Å². The first-order valence-corrected chi connectivity index (χ1v) is 10.5. The molecular formula is C19H36F3N5. The second kappa shape index (κ2) is 11.7. The molecule has 2 N–H and O–H groups in total. The molecule has 2 fully saturated rings. The van der Waals surface area contributed by atoms with Crippen molar-refractivity contribution >= 4 is 5.96 Å². The van der Waals surface area contributed by atoms with Crippen molar-refractivity contribution < 1.29 is 13.2 Å². The summed E-state index contributed by atoms with van der Waals surface area (Å²) >= 11 is 0. The van der Waals surface area contributed by atoms with E-state index in [4.69, 9.17) is 0 Å². The smallest absolute Gasteiger partial charge is 0.357 e. The fraction of sp³-hybridized carbons (Fsp3) is 0.947. The summed E-state index contributed by atoms with van der Waals surface area (Å²) in [6.45, 7) is 7.98. The van der Waals surface area contributed by atoms with E-state index in [1.807, 2.05) is 6.92 Å². The van der Waals surface area contributed by atoms with Gasteiger partial charge in [0.05, 0.1) is 6.54 Å². The lowest BCUT2D eigenvalue weighted by Gasteiger charge is -2.20. The van der Waals surface area contributed by atoms with Crippen LogP contribution in [0.2, 0.25) is 0 Å². The molecule has 2 rings (SSSR count). The third-order valence-corrected chi connectivity index (χ3v) is 5.27. The molecule has 5 nitrogen and oxygen atoms in total. The van der Waals surface area contributed by atoms with Crippen LogP contribution in [0.4, 0.5) is 13.2 Å². The maximum absolute atomic E-state index is 12.5. The van der Waals surface area contributed by atoms with Gasteiger partial charge in [0.25, 0.3) is 0 Å². The Morgan fingerprint density at radius 3 is 2.44 bits per heavy atom.